The second-order valence-corrected chi connectivity index (χ2v) is 23.0. The number of halogens is 8. The molecule has 0 N–H and O–H groups in total. The van der Waals surface area contributed by atoms with Crippen molar-refractivity contribution in [3.63, 3.8) is 0 Å². The molecule has 6 heterocycles. The number of pyridine rings is 4. The highest BCUT2D eigenvalue weighted by Gasteiger charge is 2.41. The quantitative estimate of drug-likeness (QED) is 0.0735. The van der Waals surface area contributed by atoms with Crippen molar-refractivity contribution in [2.45, 2.75) is 6.18 Å². The van der Waals surface area contributed by atoms with Gasteiger partial charge < -0.3 is 9.13 Å². The summed E-state index contributed by atoms with van der Waals surface area (Å²) in [6.45, 7) is 0. The van der Waals surface area contributed by atoms with E-state index in [4.69, 9.17) is 19.9 Å². The van der Waals surface area contributed by atoms with E-state index < -0.39 is 63.3 Å². The van der Waals surface area contributed by atoms with Crippen molar-refractivity contribution in [3.8, 4) is 112 Å². The highest BCUT2D eigenvalue weighted by molar-refractivity contribution is 6.14. The number of hydrogen-bond donors (Lipinski definition) is 0. The molecule has 0 unspecified atom stereocenters. The Kier molecular flexibility index (Phi) is 14.2. The van der Waals surface area contributed by atoms with E-state index in [-0.39, 0.29) is 22.1 Å². The SMILES string of the molecule is Fc1c(F)c(F)c(-c2cc(-n3c4ccc(-c5cccnc5-c5ccccc5)cc4c4cc(-c5cccnc5-c5ccccc5)ccc43)c(C(F)(F)F)c(-n3c4ccc(-c5cccnc5-c5ccccc5)cc4c4cc(-c5cccnc5-c5ccccc5)ccc43)c2)c(F)c1F. The first-order valence-corrected chi connectivity index (χ1v) is 30.4. The summed E-state index contributed by atoms with van der Waals surface area (Å²) in [6, 6.07) is 75.8. The maximum absolute atomic E-state index is 17.6. The van der Waals surface area contributed by atoms with E-state index in [2.05, 4.69) is 0 Å². The molecule has 0 bridgehead atoms. The zero-order chi connectivity index (χ0) is 64.6. The molecular weight excluding hydrogens is 1210 g/mol. The molecule has 0 atom stereocenters. The Labute approximate surface area is 537 Å². The maximum Gasteiger partial charge on any atom is 0.420 e. The molecule has 14 heteroatoms. The van der Waals surface area contributed by atoms with E-state index >= 15 is 35.1 Å². The topological polar surface area (TPSA) is 61.4 Å². The fraction of sp³-hybridized carbons (Fsp3) is 0.0123. The number of nitrogens with zero attached hydrogens (tertiary/aromatic N) is 6. The zero-order valence-corrected chi connectivity index (χ0v) is 49.8. The molecule has 0 saturated heterocycles. The summed E-state index contributed by atoms with van der Waals surface area (Å²) in [6.07, 6.45) is 1.37. The average Bonchev–Trinajstić information content (AvgIpc) is 1.60. The van der Waals surface area contributed by atoms with Crippen LogP contribution in [-0.4, -0.2) is 29.1 Å². The standard InChI is InChI=1S/C81H46F8N6/c82-72-70(73(83)75(85)76(86)74(72)84)55-45-68(94-64-33-29-51(56-25-13-37-90-77(56)47-17-5-1-6-18-47)41-60(64)61-42-52(30-34-65(61)94)57-26-14-38-91-78(57)48-19-7-2-8-20-48)71(81(87,88)89)69(46-55)95-66-35-31-53(58-27-15-39-92-79(58)49-21-9-3-10-22-49)43-62(66)63-44-54(32-36-67(63)95)59-28-16-40-93-80(59)50-23-11-4-12-24-50/h1-46H. The Morgan fingerprint density at radius 1 is 0.253 bits per heavy atom. The van der Waals surface area contributed by atoms with Gasteiger partial charge in [-0.05, 0) is 113 Å². The molecule has 16 aromatic rings. The molecule has 6 aromatic heterocycles. The van der Waals surface area contributed by atoms with Gasteiger partial charge in [-0.2, -0.15) is 13.2 Å². The van der Waals surface area contributed by atoms with Crippen molar-refractivity contribution in [2.75, 3.05) is 0 Å². The Balaban J connectivity index is 1.03. The molecule has 16 rings (SSSR count). The van der Waals surface area contributed by atoms with Crippen LogP contribution in [0.2, 0.25) is 0 Å². The van der Waals surface area contributed by atoms with Crippen LogP contribution in [-0.2, 0) is 6.18 Å². The minimum atomic E-state index is -5.33. The summed E-state index contributed by atoms with van der Waals surface area (Å²) in [4.78, 5) is 19.2. The monoisotopic (exact) mass is 1250 g/mol. The van der Waals surface area contributed by atoms with E-state index in [0.29, 0.717) is 88.8 Å². The minimum absolute atomic E-state index is 0.208. The molecule has 0 aliphatic rings. The van der Waals surface area contributed by atoms with E-state index in [0.717, 1.165) is 34.4 Å². The van der Waals surface area contributed by atoms with Crippen LogP contribution in [0.4, 0.5) is 35.1 Å². The van der Waals surface area contributed by atoms with Crippen LogP contribution in [0.5, 0.6) is 0 Å². The third-order valence-electron chi connectivity index (χ3n) is 17.6. The van der Waals surface area contributed by atoms with Crippen LogP contribution < -0.4 is 0 Å². The molecule has 0 saturated carbocycles. The van der Waals surface area contributed by atoms with E-state index in [1.165, 1.54) is 9.13 Å². The third-order valence-corrected chi connectivity index (χ3v) is 17.6. The molecule has 10 aromatic carbocycles. The lowest BCUT2D eigenvalue weighted by molar-refractivity contribution is -0.137. The number of fused-ring (bicyclic) bond motifs is 6. The van der Waals surface area contributed by atoms with E-state index in [9.17, 15) is 0 Å². The van der Waals surface area contributed by atoms with Gasteiger partial charge in [-0.1, -0.05) is 170 Å². The second-order valence-electron chi connectivity index (χ2n) is 23.0. The highest BCUT2D eigenvalue weighted by atomic mass is 19.4. The summed E-state index contributed by atoms with van der Waals surface area (Å²) in [5.74, 6) is -11.5. The van der Waals surface area contributed by atoms with Crippen LogP contribution in [0.3, 0.4) is 0 Å². The average molecular weight is 1260 g/mol. The van der Waals surface area contributed by atoms with Gasteiger partial charge in [-0.15, -0.1) is 0 Å². The first kappa shape index (κ1) is 58.0. The lowest BCUT2D eigenvalue weighted by Gasteiger charge is -2.23. The molecule has 0 aliphatic carbocycles. The summed E-state index contributed by atoms with van der Waals surface area (Å²) >= 11 is 0. The molecule has 456 valence electrons. The second kappa shape index (κ2) is 23.2. The van der Waals surface area contributed by atoms with Crippen LogP contribution >= 0.6 is 0 Å². The Hall–Kier alpha value is -12.2. The molecule has 6 nitrogen and oxygen atoms in total. The molecule has 0 amide bonds. The van der Waals surface area contributed by atoms with Crippen molar-refractivity contribution in [2.24, 2.45) is 0 Å². The van der Waals surface area contributed by atoms with Gasteiger partial charge in [0.15, 0.2) is 23.3 Å². The lowest BCUT2D eigenvalue weighted by Crippen LogP contribution is -2.16. The van der Waals surface area contributed by atoms with E-state index in [1.54, 1.807) is 97.6 Å². The Morgan fingerprint density at radius 2 is 0.516 bits per heavy atom. The number of hydrogen-bond acceptors (Lipinski definition) is 4. The van der Waals surface area contributed by atoms with Gasteiger partial charge in [0.2, 0.25) is 5.82 Å². The van der Waals surface area contributed by atoms with Crippen LogP contribution in [0.1, 0.15) is 5.56 Å². The van der Waals surface area contributed by atoms with Crippen molar-refractivity contribution < 1.29 is 35.1 Å². The van der Waals surface area contributed by atoms with Crippen LogP contribution in [0.15, 0.2) is 280 Å². The maximum atomic E-state index is 17.6. The summed E-state index contributed by atoms with van der Waals surface area (Å²) in [7, 11) is 0. The van der Waals surface area contributed by atoms with Crippen molar-refractivity contribution in [3.05, 3.63) is 314 Å². The van der Waals surface area contributed by atoms with E-state index in [1.807, 2.05) is 170 Å². The van der Waals surface area contributed by atoms with Crippen LogP contribution in [0.25, 0.3) is 156 Å². The van der Waals surface area contributed by atoms with Gasteiger partial charge in [0.1, 0.15) is 5.56 Å². The highest BCUT2D eigenvalue weighted by Crippen LogP contribution is 2.50. The van der Waals surface area contributed by atoms with Crippen LogP contribution in [0, 0.1) is 29.1 Å². The molecule has 0 radical (unpaired) electrons. The first-order chi connectivity index (χ1) is 46.4. The Bertz CT molecular complexity index is 5100. The third kappa shape index (κ3) is 9.88. The largest absolute Gasteiger partial charge is 0.420 e. The minimum Gasteiger partial charge on any atom is -0.309 e. The van der Waals surface area contributed by atoms with Gasteiger partial charge >= 0.3 is 6.18 Å². The fourth-order valence-electron chi connectivity index (χ4n) is 13.4. The van der Waals surface area contributed by atoms with Gasteiger partial charge in [-0.25, -0.2) is 22.0 Å². The predicted octanol–water partition coefficient (Wildman–Crippen LogP) is 22.2. The van der Waals surface area contributed by atoms with Gasteiger partial charge in [-0.3, -0.25) is 19.9 Å². The van der Waals surface area contributed by atoms with Gasteiger partial charge in [0.25, 0.3) is 0 Å². The van der Waals surface area contributed by atoms with Crippen molar-refractivity contribution in [1.82, 2.24) is 29.1 Å². The number of aromatic nitrogens is 6. The molecule has 0 spiro atoms. The zero-order valence-electron chi connectivity index (χ0n) is 49.8. The molecular formula is C81H46F8N6. The summed E-state index contributed by atoms with van der Waals surface area (Å²) in [5.41, 5.74) is 7.25. The molecule has 0 fully saturated rings. The number of benzene rings is 10. The predicted molar refractivity (Wildman–Crippen MR) is 360 cm³/mol. The number of alkyl halides is 3. The lowest BCUT2D eigenvalue weighted by atomic mass is 9.96. The molecule has 95 heavy (non-hydrogen) atoms. The van der Waals surface area contributed by atoms with Crippen molar-refractivity contribution in [1.29, 1.82) is 0 Å². The normalized spacial score (nSPS) is 11.8. The summed E-state index contributed by atoms with van der Waals surface area (Å²) in [5, 5.41) is 1.82. The number of rotatable bonds is 11. The summed E-state index contributed by atoms with van der Waals surface area (Å²) < 4.78 is 136. The van der Waals surface area contributed by atoms with Gasteiger partial charge in [0, 0.05) is 90.8 Å². The molecule has 0 aliphatic heterocycles. The van der Waals surface area contributed by atoms with Gasteiger partial charge in [0.05, 0.1) is 61.8 Å². The Morgan fingerprint density at radius 3 is 0.779 bits per heavy atom. The smallest absolute Gasteiger partial charge is 0.309 e. The fourth-order valence-corrected chi connectivity index (χ4v) is 13.4. The first-order valence-electron chi connectivity index (χ1n) is 30.4. The van der Waals surface area contributed by atoms with Crippen molar-refractivity contribution >= 4 is 43.6 Å².